The molecule has 4 nitrogen and oxygen atoms in total. The second-order valence-electron chi connectivity index (χ2n) is 5.54. The third kappa shape index (κ3) is 2.15. The topological polar surface area (TPSA) is 57.0 Å². The van der Waals surface area contributed by atoms with Gasteiger partial charge in [0.15, 0.2) is 0 Å². The molecule has 1 amide bonds. The molecule has 1 aromatic heterocycles. The molecular weight excluding hydrogens is 298 g/mol. The van der Waals surface area contributed by atoms with Gasteiger partial charge in [-0.15, -0.1) is 0 Å². The number of fused-ring (bicyclic) bond motifs is 3. The van der Waals surface area contributed by atoms with Crippen molar-refractivity contribution in [3.63, 3.8) is 0 Å². The van der Waals surface area contributed by atoms with E-state index in [0.29, 0.717) is 5.56 Å². The molecule has 0 aliphatic carbocycles. The average Bonchev–Trinajstić information content (AvgIpc) is 2.67. The van der Waals surface area contributed by atoms with Crippen LogP contribution in [0.4, 0.5) is 5.69 Å². The van der Waals surface area contributed by atoms with Gasteiger partial charge in [0, 0.05) is 22.7 Å². The van der Waals surface area contributed by atoms with Crippen molar-refractivity contribution in [1.82, 2.24) is 4.98 Å². The van der Waals surface area contributed by atoms with Gasteiger partial charge in [0.05, 0.1) is 17.3 Å². The van der Waals surface area contributed by atoms with Crippen molar-refractivity contribution in [2.45, 2.75) is 6.04 Å². The lowest BCUT2D eigenvalue weighted by atomic mass is 9.98. The molecule has 3 aromatic rings. The molecule has 2 aromatic carbocycles. The van der Waals surface area contributed by atoms with Gasteiger partial charge in [-0.05, 0) is 36.4 Å². The molecule has 1 unspecified atom stereocenters. The number of nitriles is 1. The molecule has 4 heteroatoms. The number of amides is 1. The first-order chi connectivity index (χ1) is 11.8. The highest BCUT2D eigenvalue weighted by Crippen LogP contribution is 2.35. The van der Waals surface area contributed by atoms with Gasteiger partial charge in [-0.3, -0.25) is 14.7 Å². The molecule has 2 heterocycles. The summed E-state index contributed by atoms with van der Waals surface area (Å²) in [4.78, 5) is 18.9. The van der Waals surface area contributed by atoms with E-state index in [-0.39, 0.29) is 5.91 Å². The SMILES string of the molecule is N#CC1C=Cc2c(ccc3ncccc23)N1C(=O)c1ccccc1. The maximum absolute atomic E-state index is 13.0. The van der Waals surface area contributed by atoms with E-state index in [4.69, 9.17) is 0 Å². The zero-order valence-corrected chi connectivity index (χ0v) is 12.8. The van der Waals surface area contributed by atoms with Gasteiger partial charge >= 0.3 is 0 Å². The number of anilines is 1. The summed E-state index contributed by atoms with van der Waals surface area (Å²) < 4.78 is 0. The smallest absolute Gasteiger partial charge is 0.259 e. The molecule has 0 N–H and O–H groups in total. The maximum atomic E-state index is 13.0. The lowest BCUT2D eigenvalue weighted by Crippen LogP contribution is -2.40. The molecule has 0 saturated heterocycles. The summed E-state index contributed by atoms with van der Waals surface area (Å²) in [6.45, 7) is 0. The van der Waals surface area contributed by atoms with E-state index >= 15 is 0 Å². The van der Waals surface area contributed by atoms with Crippen LogP contribution in [0.25, 0.3) is 17.0 Å². The van der Waals surface area contributed by atoms with Gasteiger partial charge in [0.1, 0.15) is 6.04 Å². The highest BCUT2D eigenvalue weighted by Gasteiger charge is 2.29. The molecule has 0 fully saturated rings. The molecule has 24 heavy (non-hydrogen) atoms. The number of carbonyl (C=O) groups is 1. The number of carbonyl (C=O) groups excluding carboxylic acids is 1. The number of rotatable bonds is 1. The molecule has 1 aliphatic rings. The van der Waals surface area contributed by atoms with Crippen LogP contribution in [0.15, 0.2) is 66.9 Å². The number of hydrogen-bond donors (Lipinski definition) is 0. The van der Waals surface area contributed by atoms with Crippen molar-refractivity contribution < 1.29 is 4.79 Å². The van der Waals surface area contributed by atoms with Crippen LogP contribution in [0.5, 0.6) is 0 Å². The van der Waals surface area contributed by atoms with E-state index in [9.17, 15) is 10.1 Å². The predicted molar refractivity (Wildman–Crippen MR) is 93.4 cm³/mol. The summed E-state index contributed by atoms with van der Waals surface area (Å²) in [5.41, 5.74) is 3.07. The second-order valence-corrected chi connectivity index (χ2v) is 5.54. The zero-order chi connectivity index (χ0) is 16.5. The second kappa shape index (κ2) is 5.64. The molecule has 4 rings (SSSR count). The Balaban J connectivity index is 1.91. The van der Waals surface area contributed by atoms with Crippen molar-refractivity contribution in [1.29, 1.82) is 5.26 Å². The third-order valence-corrected chi connectivity index (χ3v) is 4.16. The Morgan fingerprint density at radius 2 is 1.92 bits per heavy atom. The van der Waals surface area contributed by atoms with E-state index in [1.54, 1.807) is 29.3 Å². The maximum Gasteiger partial charge on any atom is 0.259 e. The number of pyridine rings is 1. The number of aromatic nitrogens is 1. The van der Waals surface area contributed by atoms with Gasteiger partial charge in [0.2, 0.25) is 0 Å². The Kier molecular flexibility index (Phi) is 3.33. The molecule has 0 bridgehead atoms. The summed E-state index contributed by atoms with van der Waals surface area (Å²) in [7, 11) is 0. The molecule has 114 valence electrons. The molecule has 0 saturated carbocycles. The van der Waals surface area contributed by atoms with Gasteiger partial charge in [-0.25, -0.2) is 0 Å². The largest absolute Gasteiger partial charge is 0.288 e. The predicted octanol–water partition coefficient (Wildman–Crippen LogP) is 3.80. The Labute approximate surface area is 139 Å². The van der Waals surface area contributed by atoms with Crippen LogP contribution in [0.3, 0.4) is 0 Å². The molecule has 0 spiro atoms. The minimum atomic E-state index is -0.626. The van der Waals surface area contributed by atoms with Gasteiger partial charge in [-0.2, -0.15) is 5.26 Å². The number of hydrogen-bond acceptors (Lipinski definition) is 3. The first kappa shape index (κ1) is 14.2. The Hall–Kier alpha value is -3.45. The van der Waals surface area contributed by atoms with E-state index < -0.39 is 6.04 Å². The first-order valence-electron chi connectivity index (χ1n) is 7.64. The fourth-order valence-electron chi connectivity index (χ4n) is 3.03. The minimum absolute atomic E-state index is 0.184. The van der Waals surface area contributed by atoms with Gasteiger partial charge in [-0.1, -0.05) is 30.3 Å². The highest BCUT2D eigenvalue weighted by molar-refractivity contribution is 6.11. The zero-order valence-electron chi connectivity index (χ0n) is 12.8. The van der Waals surface area contributed by atoms with E-state index in [2.05, 4.69) is 11.1 Å². The van der Waals surface area contributed by atoms with Crippen molar-refractivity contribution in [3.05, 3.63) is 78.0 Å². The van der Waals surface area contributed by atoms with Crippen LogP contribution >= 0.6 is 0 Å². The number of nitrogens with zero attached hydrogens (tertiary/aromatic N) is 3. The van der Waals surface area contributed by atoms with Crippen LogP contribution < -0.4 is 4.90 Å². The van der Waals surface area contributed by atoms with Crippen LogP contribution in [-0.4, -0.2) is 16.9 Å². The summed E-state index contributed by atoms with van der Waals surface area (Å²) in [5.74, 6) is -0.184. The van der Waals surface area contributed by atoms with Crippen LogP contribution in [0, 0.1) is 11.3 Å². The highest BCUT2D eigenvalue weighted by atomic mass is 16.2. The molecular formula is C20H13N3O. The monoisotopic (exact) mass is 311 g/mol. The lowest BCUT2D eigenvalue weighted by Gasteiger charge is -2.30. The molecule has 1 aliphatic heterocycles. The Morgan fingerprint density at radius 3 is 2.71 bits per heavy atom. The van der Waals surface area contributed by atoms with E-state index in [1.165, 1.54) is 0 Å². The normalized spacial score (nSPS) is 15.8. The van der Waals surface area contributed by atoms with Crippen LogP contribution in [0.1, 0.15) is 15.9 Å². The fraction of sp³-hybridized carbons (Fsp3) is 0.0500. The third-order valence-electron chi connectivity index (χ3n) is 4.16. The first-order valence-corrected chi connectivity index (χ1v) is 7.64. The Bertz CT molecular complexity index is 1000. The summed E-state index contributed by atoms with van der Waals surface area (Å²) in [5, 5.41) is 10.5. The van der Waals surface area contributed by atoms with Crippen molar-refractivity contribution in [2.75, 3.05) is 4.90 Å². The summed E-state index contributed by atoms with van der Waals surface area (Å²) >= 11 is 0. The van der Waals surface area contributed by atoms with Crippen molar-refractivity contribution >= 4 is 28.6 Å². The van der Waals surface area contributed by atoms with Crippen LogP contribution in [0.2, 0.25) is 0 Å². The van der Waals surface area contributed by atoms with E-state index in [0.717, 1.165) is 22.2 Å². The van der Waals surface area contributed by atoms with E-state index in [1.807, 2.05) is 48.5 Å². The fourth-order valence-corrected chi connectivity index (χ4v) is 3.03. The number of benzene rings is 2. The van der Waals surface area contributed by atoms with Gasteiger partial charge in [0.25, 0.3) is 5.91 Å². The van der Waals surface area contributed by atoms with Crippen LogP contribution in [-0.2, 0) is 0 Å². The molecule has 0 radical (unpaired) electrons. The lowest BCUT2D eigenvalue weighted by molar-refractivity contribution is 0.0985. The molecule has 1 atom stereocenters. The Morgan fingerprint density at radius 1 is 1.08 bits per heavy atom. The standard InChI is InChI=1S/C20H13N3O/c21-13-15-8-9-17-16-7-4-12-22-18(16)10-11-19(17)23(15)20(24)14-5-2-1-3-6-14/h1-12,15H. The van der Waals surface area contributed by atoms with Gasteiger partial charge < -0.3 is 0 Å². The van der Waals surface area contributed by atoms with Crippen molar-refractivity contribution in [3.8, 4) is 6.07 Å². The quantitative estimate of drug-likeness (QED) is 0.687. The van der Waals surface area contributed by atoms with Crippen molar-refractivity contribution in [2.24, 2.45) is 0 Å². The summed E-state index contributed by atoms with van der Waals surface area (Å²) in [6.07, 6.45) is 5.41. The average molecular weight is 311 g/mol. The minimum Gasteiger partial charge on any atom is -0.288 e. The summed E-state index contributed by atoms with van der Waals surface area (Å²) in [6, 6.07) is 18.2.